The lowest BCUT2D eigenvalue weighted by atomic mass is 10.1. The van der Waals surface area contributed by atoms with Gasteiger partial charge in [0, 0.05) is 24.0 Å². The summed E-state index contributed by atoms with van der Waals surface area (Å²) in [7, 11) is -3.27. The minimum absolute atomic E-state index is 0.106. The summed E-state index contributed by atoms with van der Waals surface area (Å²) in [6, 6.07) is 11.3. The van der Waals surface area contributed by atoms with Gasteiger partial charge in [0.1, 0.15) is 0 Å². The average molecular weight is 487 g/mol. The Morgan fingerprint density at radius 2 is 1.56 bits per heavy atom. The van der Waals surface area contributed by atoms with Crippen LogP contribution in [-0.4, -0.2) is 38.6 Å². The lowest BCUT2D eigenvalue weighted by molar-refractivity contribution is -0.138. The highest BCUT2D eigenvalue weighted by Crippen LogP contribution is 2.23. The summed E-state index contributed by atoms with van der Waals surface area (Å²) in [5.41, 5.74) is 6.79. The molecule has 0 radical (unpaired) electrons. The lowest BCUT2D eigenvalue weighted by Gasteiger charge is -2.14. The van der Waals surface area contributed by atoms with Crippen LogP contribution in [0.5, 0.6) is 0 Å². The Balaban J connectivity index is 0. The summed E-state index contributed by atoms with van der Waals surface area (Å²) in [6.07, 6.45) is -0.509. The molecule has 1 amide bonds. The number of sulfonamides is 1. The van der Waals surface area contributed by atoms with Crippen LogP contribution in [0.2, 0.25) is 0 Å². The van der Waals surface area contributed by atoms with Crippen molar-refractivity contribution in [3.05, 3.63) is 54.1 Å². The number of anilines is 2. The van der Waals surface area contributed by atoms with E-state index < -0.39 is 34.4 Å². The molecule has 0 bridgehead atoms. The van der Waals surface area contributed by atoms with Crippen molar-refractivity contribution in [2.45, 2.75) is 24.3 Å². The molecule has 8 nitrogen and oxygen atoms in total. The highest BCUT2D eigenvalue weighted by atomic mass is 32.2. The predicted octanol–water partition coefficient (Wildman–Crippen LogP) is 3.80. The average Bonchev–Trinajstić information content (AvgIpc) is 2.80. The molecule has 0 saturated carbocycles. The molecule has 2 aromatic carbocycles. The molecule has 0 saturated heterocycles. The van der Waals surface area contributed by atoms with Crippen LogP contribution in [0, 0.1) is 6.92 Å². The van der Waals surface area contributed by atoms with Crippen LogP contribution in [0.1, 0.15) is 12.0 Å². The van der Waals surface area contributed by atoms with Gasteiger partial charge in [0.15, 0.2) is 0 Å². The van der Waals surface area contributed by atoms with Gasteiger partial charge in [-0.3, -0.25) is 18.7 Å². The summed E-state index contributed by atoms with van der Waals surface area (Å²) >= 11 is 0. The van der Waals surface area contributed by atoms with E-state index in [-0.39, 0.29) is 10.6 Å². The van der Waals surface area contributed by atoms with Crippen LogP contribution in [0.15, 0.2) is 53.4 Å². The molecule has 5 N–H and O–H groups in total. The summed E-state index contributed by atoms with van der Waals surface area (Å²) in [4.78, 5) is 22.7. The number of aliphatic carboxylic acids is 1. The third-order valence-electron chi connectivity index (χ3n) is 3.53. The fraction of sp³-hybridized carbons (Fsp3) is 0.222. The number of halogens is 5. The van der Waals surface area contributed by atoms with Crippen molar-refractivity contribution in [3.8, 4) is 0 Å². The second-order valence-electron chi connectivity index (χ2n) is 5.64. The number of carbonyl (C=O) groups excluding carboxylic acids is 1. The number of nitrogens with two attached hydrogens (primary N) is 1. The van der Waals surface area contributed by atoms with Gasteiger partial charge in [-0.05, 0) is 36.8 Å². The third-order valence-corrected chi connectivity index (χ3v) is 4.93. The first-order valence-corrected chi connectivity index (χ1v) is 9.80. The molecule has 14 heteroatoms. The molecule has 0 aliphatic rings. The van der Waals surface area contributed by atoms with E-state index in [0.717, 1.165) is 0 Å². The maximum atomic E-state index is 12.4. The molecular weight excluding hydrogens is 465 g/mol. The first-order chi connectivity index (χ1) is 15.2. The van der Waals surface area contributed by atoms with Crippen LogP contribution in [-0.2, 0) is 19.6 Å². The number of carbonyl (C=O) groups is 2. The molecule has 2 rings (SSSR count). The monoisotopic (exact) mass is 487 g/mol. The summed E-state index contributed by atoms with van der Waals surface area (Å²) in [5.74, 6) is -1.85. The number of hydrogen-bond acceptors (Lipinski definition) is 5. The molecule has 0 unspecified atom stereocenters. The van der Waals surface area contributed by atoms with Gasteiger partial charge in [0.25, 0.3) is 10.0 Å². The summed E-state index contributed by atoms with van der Waals surface area (Å²) < 4.78 is 68.7. The number of nitrogens with one attached hydrogen (secondary N) is 2. The maximum Gasteiger partial charge on any atom is 0.305 e. The van der Waals surface area contributed by atoms with E-state index in [9.17, 15) is 22.4 Å². The smallest absolute Gasteiger partial charge is 0.305 e. The molecule has 0 heterocycles. The van der Waals surface area contributed by atoms with Gasteiger partial charge in [0.05, 0.1) is 30.2 Å². The fourth-order valence-electron chi connectivity index (χ4n) is 2.14. The van der Waals surface area contributed by atoms with Crippen molar-refractivity contribution < 1.29 is 45.8 Å². The number of alkyl halides is 1. The molecule has 1 atom stereocenters. The number of hydrogen-bond donors (Lipinski definition) is 4. The van der Waals surface area contributed by atoms with E-state index >= 15 is 0 Å². The highest BCUT2D eigenvalue weighted by Gasteiger charge is 2.19. The number of carboxylic acid groups (broad SMARTS) is 1. The van der Waals surface area contributed by atoms with Gasteiger partial charge < -0.3 is 16.2 Å². The molecule has 0 aromatic heterocycles. The Kier molecular flexibility index (Phi) is 15.9. The number of benzene rings is 2. The Bertz CT molecular complexity index is 934. The minimum atomic E-state index is -3.77. The van der Waals surface area contributed by atoms with Gasteiger partial charge >= 0.3 is 5.97 Å². The molecule has 32 heavy (non-hydrogen) atoms. The lowest BCUT2D eigenvalue weighted by Crippen LogP contribution is -2.37. The predicted molar refractivity (Wildman–Crippen MR) is 109 cm³/mol. The summed E-state index contributed by atoms with van der Waals surface area (Å²) in [6.45, 7) is 1.72. The quantitative estimate of drug-likeness (QED) is 0.438. The van der Waals surface area contributed by atoms with E-state index in [0.29, 0.717) is 18.4 Å². The first kappa shape index (κ1) is 30.9. The first-order valence-electron chi connectivity index (χ1n) is 8.32. The van der Waals surface area contributed by atoms with E-state index in [1.165, 1.54) is 18.2 Å². The van der Waals surface area contributed by atoms with Crippen LogP contribution >= 0.6 is 0 Å². The Morgan fingerprint density at radius 3 is 2.06 bits per heavy atom. The molecule has 0 spiro atoms. The Morgan fingerprint density at radius 1 is 1.03 bits per heavy atom. The number of amides is 1. The largest absolute Gasteiger partial charge is 0.481 e. The van der Waals surface area contributed by atoms with Gasteiger partial charge in [-0.2, -0.15) is 0 Å². The normalized spacial score (nSPS) is 10.5. The third kappa shape index (κ3) is 10.7. The van der Waals surface area contributed by atoms with Crippen molar-refractivity contribution in [2.24, 2.45) is 5.73 Å². The second kappa shape index (κ2) is 16.4. The zero-order chi connectivity index (χ0) is 25.3. The molecule has 0 fully saturated rings. The van der Waals surface area contributed by atoms with Crippen molar-refractivity contribution in [1.29, 1.82) is 0 Å². The van der Waals surface area contributed by atoms with Gasteiger partial charge in [-0.15, -0.1) is 0 Å². The second-order valence-corrected chi connectivity index (χ2v) is 7.32. The standard InChI is InChI=1S/C17H19N3O5S.CH3F.2F2/c1-11-7-8-12(20-26(24,25)13-5-3-2-4-6-13)9-15(11)19-17(23)14(18)10-16(21)22;3*1-2/h2-9,14,20H,10,18H2,1H3,(H,19,23)(H,21,22);1H3;;/t14-;;;/m0.../s1. The highest BCUT2D eigenvalue weighted by molar-refractivity contribution is 7.92. The van der Waals surface area contributed by atoms with Crippen LogP contribution in [0.25, 0.3) is 0 Å². The molecule has 2 aromatic rings. The number of aryl methyl sites for hydroxylation is 1. The van der Waals surface area contributed by atoms with Gasteiger partial charge in [0.2, 0.25) is 5.91 Å². The molecule has 0 aliphatic carbocycles. The molecular formula is C18H22F5N3O5S. The maximum absolute atomic E-state index is 12.4. The van der Waals surface area contributed by atoms with Crippen molar-refractivity contribution >= 4 is 33.3 Å². The van der Waals surface area contributed by atoms with Gasteiger partial charge in [-0.25, -0.2) is 8.42 Å². The summed E-state index contributed by atoms with van der Waals surface area (Å²) in [5, 5.41) is 11.2. The van der Waals surface area contributed by atoms with E-state index in [1.54, 1.807) is 37.3 Å². The van der Waals surface area contributed by atoms with Gasteiger partial charge in [-0.1, -0.05) is 24.3 Å². The van der Waals surface area contributed by atoms with Crippen molar-refractivity contribution in [2.75, 3.05) is 17.2 Å². The number of carboxylic acids is 1. The van der Waals surface area contributed by atoms with E-state index in [2.05, 4.69) is 10.0 Å². The van der Waals surface area contributed by atoms with E-state index in [4.69, 9.17) is 29.1 Å². The molecule has 180 valence electrons. The van der Waals surface area contributed by atoms with E-state index in [1.807, 2.05) is 0 Å². The van der Waals surface area contributed by atoms with Crippen molar-refractivity contribution in [3.63, 3.8) is 0 Å². The molecule has 0 aliphatic heterocycles. The number of rotatable bonds is 7. The van der Waals surface area contributed by atoms with Crippen LogP contribution < -0.4 is 15.8 Å². The van der Waals surface area contributed by atoms with Crippen LogP contribution in [0.3, 0.4) is 0 Å². The zero-order valence-corrected chi connectivity index (χ0v) is 17.7. The minimum Gasteiger partial charge on any atom is -0.481 e. The fourth-order valence-corrected chi connectivity index (χ4v) is 3.21. The van der Waals surface area contributed by atoms with Crippen LogP contribution in [0.4, 0.5) is 34.1 Å². The Hall–Kier alpha value is -3.26. The topological polar surface area (TPSA) is 139 Å². The SMILES string of the molecule is CF.Cc1ccc(NS(=O)(=O)c2ccccc2)cc1NC(=O)[C@@H](N)CC(=O)O.FF.FF. The van der Waals surface area contributed by atoms with Crippen molar-refractivity contribution in [1.82, 2.24) is 0 Å². The zero-order valence-electron chi connectivity index (χ0n) is 16.9. The Labute approximate surface area is 181 Å².